The highest BCUT2D eigenvalue weighted by atomic mass is 35.5. The fourth-order valence-electron chi connectivity index (χ4n) is 1.60. The minimum atomic E-state index is -0.336. The van der Waals surface area contributed by atoms with E-state index in [0.717, 1.165) is 5.82 Å². The molecule has 1 heterocycles. The molecule has 0 saturated carbocycles. The minimum absolute atomic E-state index is 0.207. The molecule has 0 aliphatic rings. The van der Waals surface area contributed by atoms with E-state index in [-0.39, 0.29) is 11.7 Å². The van der Waals surface area contributed by atoms with Crippen LogP contribution in [-0.4, -0.2) is 9.97 Å². The Balaban J connectivity index is 2.63. The van der Waals surface area contributed by atoms with Crippen LogP contribution < -0.4 is 0 Å². The van der Waals surface area contributed by atoms with Gasteiger partial charge >= 0.3 is 0 Å². The van der Waals surface area contributed by atoms with Crippen LogP contribution in [0.4, 0.5) is 4.39 Å². The second-order valence-corrected chi connectivity index (χ2v) is 5.12. The Morgan fingerprint density at radius 2 is 2.06 bits per heavy atom. The number of hydrogen-bond donors (Lipinski definition) is 1. The van der Waals surface area contributed by atoms with E-state index in [2.05, 4.69) is 9.97 Å². The molecule has 0 fully saturated rings. The number of aromatic nitrogens is 2. The normalized spacial score (nSPS) is 10.9. The number of hydrogen-bond acceptors (Lipinski definition) is 2. The first-order valence-corrected chi connectivity index (χ1v) is 6.32. The van der Waals surface area contributed by atoms with Crippen molar-refractivity contribution in [1.82, 2.24) is 9.97 Å². The standard InChI is InChI=1S/C13H12ClFN2S/c1-7(2)13-16-11(6-12(18)17-13)9-5-8(15)3-4-10(9)14/h3-7H,1-2H3,(H,16,17,18). The fourth-order valence-corrected chi connectivity index (χ4v) is 2.03. The average molecular weight is 283 g/mol. The second kappa shape index (κ2) is 5.16. The Hall–Kier alpha value is -1.26. The van der Waals surface area contributed by atoms with E-state index in [1.807, 2.05) is 13.8 Å². The molecule has 0 unspecified atom stereocenters. The quantitative estimate of drug-likeness (QED) is 0.807. The third-order valence-electron chi connectivity index (χ3n) is 2.53. The molecule has 0 atom stereocenters. The van der Waals surface area contributed by atoms with Crippen LogP contribution in [0.1, 0.15) is 25.6 Å². The van der Waals surface area contributed by atoms with Crippen LogP contribution >= 0.6 is 23.8 Å². The van der Waals surface area contributed by atoms with Crippen molar-refractivity contribution < 1.29 is 4.39 Å². The summed E-state index contributed by atoms with van der Waals surface area (Å²) in [6.45, 7) is 4.01. The molecule has 2 nitrogen and oxygen atoms in total. The highest BCUT2D eigenvalue weighted by Gasteiger charge is 2.09. The van der Waals surface area contributed by atoms with E-state index in [4.69, 9.17) is 23.8 Å². The van der Waals surface area contributed by atoms with Crippen molar-refractivity contribution in [1.29, 1.82) is 0 Å². The summed E-state index contributed by atoms with van der Waals surface area (Å²) in [6, 6.07) is 5.92. The van der Waals surface area contributed by atoms with Crippen molar-refractivity contribution >= 4 is 23.8 Å². The Kier molecular flexibility index (Phi) is 3.78. The molecule has 0 bridgehead atoms. The van der Waals surface area contributed by atoms with Crippen LogP contribution in [-0.2, 0) is 0 Å². The van der Waals surface area contributed by atoms with Crippen molar-refractivity contribution in [3.8, 4) is 11.3 Å². The van der Waals surface area contributed by atoms with E-state index >= 15 is 0 Å². The number of rotatable bonds is 2. The molecular weight excluding hydrogens is 271 g/mol. The molecule has 1 aromatic heterocycles. The summed E-state index contributed by atoms with van der Waals surface area (Å²) in [5, 5.41) is 0.475. The van der Waals surface area contributed by atoms with Crippen molar-refractivity contribution in [2.45, 2.75) is 19.8 Å². The van der Waals surface area contributed by atoms with Gasteiger partial charge in [0, 0.05) is 11.5 Å². The van der Waals surface area contributed by atoms with Crippen LogP contribution in [0.2, 0.25) is 5.02 Å². The predicted octanol–water partition coefficient (Wildman–Crippen LogP) is 4.72. The van der Waals surface area contributed by atoms with E-state index in [1.165, 1.54) is 18.2 Å². The van der Waals surface area contributed by atoms with E-state index in [9.17, 15) is 4.39 Å². The number of H-pyrrole nitrogens is 1. The summed E-state index contributed by atoms with van der Waals surface area (Å²) < 4.78 is 13.7. The van der Waals surface area contributed by atoms with Gasteiger partial charge in [0.2, 0.25) is 0 Å². The summed E-state index contributed by atoms with van der Waals surface area (Å²) in [6.07, 6.45) is 0. The molecule has 0 saturated heterocycles. The molecule has 0 aliphatic heterocycles. The molecule has 5 heteroatoms. The van der Waals surface area contributed by atoms with Crippen LogP contribution in [0.3, 0.4) is 0 Å². The third-order valence-corrected chi connectivity index (χ3v) is 3.07. The van der Waals surface area contributed by atoms with E-state index in [0.29, 0.717) is 20.9 Å². The van der Waals surface area contributed by atoms with Gasteiger partial charge < -0.3 is 4.98 Å². The number of nitrogens with one attached hydrogen (secondary N) is 1. The summed E-state index contributed by atoms with van der Waals surface area (Å²) in [7, 11) is 0. The predicted molar refractivity (Wildman–Crippen MR) is 73.9 cm³/mol. The molecule has 0 radical (unpaired) electrons. The molecule has 1 N–H and O–H groups in total. The number of nitrogens with zero attached hydrogens (tertiary/aromatic N) is 1. The summed E-state index contributed by atoms with van der Waals surface area (Å²) >= 11 is 11.2. The smallest absolute Gasteiger partial charge is 0.130 e. The van der Waals surface area contributed by atoms with Crippen LogP contribution in [0, 0.1) is 10.5 Å². The lowest BCUT2D eigenvalue weighted by Crippen LogP contribution is -1.99. The molecule has 0 amide bonds. The molecule has 0 spiro atoms. The first-order valence-electron chi connectivity index (χ1n) is 5.54. The van der Waals surface area contributed by atoms with Gasteiger partial charge in [-0.05, 0) is 24.3 Å². The maximum Gasteiger partial charge on any atom is 0.130 e. The zero-order valence-corrected chi connectivity index (χ0v) is 11.6. The maximum atomic E-state index is 13.3. The highest BCUT2D eigenvalue weighted by molar-refractivity contribution is 7.71. The lowest BCUT2D eigenvalue weighted by Gasteiger charge is -2.09. The fraction of sp³-hybridized carbons (Fsp3) is 0.231. The molecule has 94 valence electrons. The first kappa shape index (κ1) is 13.2. The summed E-state index contributed by atoms with van der Waals surface area (Å²) in [5.41, 5.74) is 1.27. The van der Waals surface area contributed by atoms with Crippen LogP contribution in [0.25, 0.3) is 11.3 Å². The van der Waals surface area contributed by atoms with Gasteiger partial charge in [-0.25, -0.2) is 9.37 Å². The van der Waals surface area contributed by atoms with Gasteiger partial charge in [0.25, 0.3) is 0 Å². The molecule has 18 heavy (non-hydrogen) atoms. The van der Waals surface area contributed by atoms with Gasteiger partial charge in [-0.1, -0.05) is 37.7 Å². The van der Waals surface area contributed by atoms with Gasteiger partial charge in [0.15, 0.2) is 0 Å². The van der Waals surface area contributed by atoms with E-state index in [1.54, 1.807) is 6.07 Å². The number of aromatic amines is 1. The zero-order valence-electron chi connectivity index (χ0n) is 10.00. The Bertz CT molecular complexity index is 637. The second-order valence-electron chi connectivity index (χ2n) is 4.30. The molecule has 0 aliphatic carbocycles. The Morgan fingerprint density at radius 1 is 1.33 bits per heavy atom. The lowest BCUT2D eigenvalue weighted by molar-refractivity contribution is 0.628. The number of halogens is 2. The topological polar surface area (TPSA) is 28.7 Å². The van der Waals surface area contributed by atoms with Crippen molar-refractivity contribution in [2.75, 3.05) is 0 Å². The first-order chi connectivity index (χ1) is 8.47. The summed E-state index contributed by atoms with van der Waals surface area (Å²) in [5.74, 6) is 0.633. The van der Waals surface area contributed by atoms with Gasteiger partial charge in [0.1, 0.15) is 16.3 Å². The van der Waals surface area contributed by atoms with Gasteiger partial charge in [-0.15, -0.1) is 0 Å². The van der Waals surface area contributed by atoms with Gasteiger partial charge in [-0.3, -0.25) is 0 Å². The average Bonchev–Trinajstić information content (AvgIpc) is 2.31. The Morgan fingerprint density at radius 3 is 2.72 bits per heavy atom. The van der Waals surface area contributed by atoms with Gasteiger partial charge in [-0.2, -0.15) is 0 Å². The maximum absolute atomic E-state index is 13.3. The SMILES string of the molecule is CC(C)c1nc(=S)cc(-c2cc(F)ccc2Cl)[nH]1. The monoisotopic (exact) mass is 282 g/mol. The van der Waals surface area contributed by atoms with Crippen LogP contribution in [0.15, 0.2) is 24.3 Å². The van der Waals surface area contributed by atoms with Gasteiger partial charge in [0.05, 0.1) is 10.7 Å². The third kappa shape index (κ3) is 2.76. The molecular formula is C13H12ClFN2S. The van der Waals surface area contributed by atoms with Crippen molar-refractivity contribution in [3.63, 3.8) is 0 Å². The molecule has 2 aromatic rings. The Labute approximate surface area is 115 Å². The molecule has 2 rings (SSSR count). The summed E-state index contributed by atoms with van der Waals surface area (Å²) in [4.78, 5) is 7.37. The minimum Gasteiger partial charge on any atom is -0.343 e. The lowest BCUT2D eigenvalue weighted by atomic mass is 10.1. The highest BCUT2D eigenvalue weighted by Crippen LogP contribution is 2.27. The molecule has 1 aromatic carbocycles. The van der Waals surface area contributed by atoms with Crippen molar-refractivity contribution in [3.05, 3.63) is 45.6 Å². The van der Waals surface area contributed by atoms with E-state index < -0.39 is 0 Å². The van der Waals surface area contributed by atoms with Crippen molar-refractivity contribution in [2.24, 2.45) is 0 Å². The largest absolute Gasteiger partial charge is 0.343 e. The number of benzene rings is 1. The zero-order chi connectivity index (χ0) is 13.3. The van der Waals surface area contributed by atoms with Crippen LogP contribution in [0.5, 0.6) is 0 Å².